The number of aromatic nitrogens is 1. The molecule has 5 heteroatoms. The molecule has 0 bridgehead atoms. The van der Waals surface area contributed by atoms with Gasteiger partial charge >= 0.3 is 0 Å². The van der Waals surface area contributed by atoms with Gasteiger partial charge in [-0.2, -0.15) is 10.5 Å². The minimum absolute atomic E-state index is 0.0415. The predicted octanol–water partition coefficient (Wildman–Crippen LogP) is 3.34. The maximum atomic E-state index is 12.2. The summed E-state index contributed by atoms with van der Waals surface area (Å²) in [6.45, 7) is 1.99. The topological polar surface area (TPSA) is 106 Å². The Hall–Kier alpha value is -3.83. The van der Waals surface area contributed by atoms with Crippen LogP contribution in [0.5, 0.6) is 0 Å². The number of anilines is 1. The summed E-state index contributed by atoms with van der Waals surface area (Å²) in [5, 5.41) is 19.0. The van der Waals surface area contributed by atoms with E-state index >= 15 is 0 Å². The number of aryl methyl sites for hydroxylation is 1. The van der Waals surface area contributed by atoms with Gasteiger partial charge in [-0.05, 0) is 23.6 Å². The zero-order valence-corrected chi connectivity index (χ0v) is 13.5. The summed E-state index contributed by atoms with van der Waals surface area (Å²) < 4.78 is 0. The van der Waals surface area contributed by atoms with Gasteiger partial charge in [-0.1, -0.05) is 54.1 Å². The summed E-state index contributed by atoms with van der Waals surface area (Å²) in [7, 11) is 0. The van der Waals surface area contributed by atoms with Crippen LogP contribution in [-0.4, -0.2) is 4.98 Å². The summed E-state index contributed by atoms with van der Waals surface area (Å²) in [6.07, 6.45) is 0. The lowest BCUT2D eigenvalue weighted by Gasteiger charge is -2.14. The molecule has 0 atom stereocenters. The summed E-state index contributed by atoms with van der Waals surface area (Å²) in [4.78, 5) is 14.5. The van der Waals surface area contributed by atoms with E-state index < -0.39 is 5.56 Å². The summed E-state index contributed by atoms with van der Waals surface area (Å²) in [5.74, 6) is -0.0415. The zero-order chi connectivity index (χ0) is 18.0. The van der Waals surface area contributed by atoms with Gasteiger partial charge < -0.3 is 10.7 Å². The van der Waals surface area contributed by atoms with Crippen LogP contribution in [0.3, 0.4) is 0 Å². The Bertz CT molecular complexity index is 1100. The highest BCUT2D eigenvalue weighted by molar-refractivity contribution is 5.90. The monoisotopic (exact) mass is 326 g/mol. The molecule has 0 aliphatic heterocycles. The number of nitrogens with zero attached hydrogens (tertiary/aromatic N) is 2. The fourth-order valence-corrected chi connectivity index (χ4v) is 2.80. The minimum atomic E-state index is -0.604. The minimum Gasteiger partial charge on any atom is -0.384 e. The second kappa shape index (κ2) is 6.35. The highest BCUT2D eigenvalue weighted by Gasteiger charge is 2.20. The molecule has 0 aliphatic rings. The number of pyridine rings is 1. The molecule has 25 heavy (non-hydrogen) atoms. The maximum absolute atomic E-state index is 12.2. The lowest BCUT2D eigenvalue weighted by atomic mass is 9.90. The smallest absolute Gasteiger partial charge is 0.268 e. The molecule has 0 unspecified atom stereocenters. The van der Waals surface area contributed by atoms with E-state index in [1.807, 2.05) is 55.5 Å². The quantitative estimate of drug-likeness (QED) is 0.753. The third-order valence-electron chi connectivity index (χ3n) is 4.03. The van der Waals surface area contributed by atoms with Crippen LogP contribution in [0.2, 0.25) is 0 Å². The molecule has 1 heterocycles. The largest absolute Gasteiger partial charge is 0.384 e. The van der Waals surface area contributed by atoms with E-state index in [-0.39, 0.29) is 22.5 Å². The normalized spacial score (nSPS) is 10.0. The molecule has 0 saturated heterocycles. The van der Waals surface area contributed by atoms with Gasteiger partial charge in [-0.25, -0.2) is 0 Å². The lowest BCUT2D eigenvalue weighted by Crippen LogP contribution is -2.16. The number of nitrogen functional groups attached to an aromatic ring is 1. The standard InChI is InChI=1S/C20H14N4O/c1-12-6-8-13(9-7-12)14-4-2-3-5-15(14)18-16(10-21)19(23)24-20(25)17(18)11-22/h2-9H,1H3,(H3,23,24,25). The molecular formula is C20H14N4O. The molecule has 1 aromatic heterocycles. The van der Waals surface area contributed by atoms with Crippen LogP contribution in [0, 0.1) is 29.6 Å². The van der Waals surface area contributed by atoms with Crippen molar-refractivity contribution >= 4 is 5.82 Å². The predicted molar refractivity (Wildman–Crippen MR) is 96.5 cm³/mol. The first-order chi connectivity index (χ1) is 12.1. The van der Waals surface area contributed by atoms with E-state index in [9.17, 15) is 15.3 Å². The Morgan fingerprint density at radius 3 is 2.12 bits per heavy atom. The van der Waals surface area contributed by atoms with Gasteiger partial charge in [0.1, 0.15) is 29.1 Å². The molecule has 0 fully saturated rings. The molecule has 0 saturated carbocycles. The number of hydrogen-bond donors (Lipinski definition) is 2. The van der Waals surface area contributed by atoms with Crippen LogP contribution < -0.4 is 11.3 Å². The van der Waals surface area contributed by atoms with Gasteiger partial charge in [0.15, 0.2) is 0 Å². The van der Waals surface area contributed by atoms with Crippen molar-refractivity contribution in [3.05, 3.63) is 75.6 Å². The number of nitrogens with one attached hydrogen (secondary N) is 1. The van der Waals surface area contributed by atoms with Crippen molar-refractivity contribution in [2.75, 3.05) is 5.73 Å². The fourth-order valence-electron chi connectivity index (χ4n) is 2.80. The Kier molecular flexibility index (Phi) is 4.07. The zero-order valence-electron chi connectivity index (χ0n) is 13.5. The van der Waals surface area contributed by atoms with Gasteiger partial charge in [0.25, 0.3) is 5.56 Å². The van der Waals surface area contributed by atoms with E-state index in [0.717, 1.165) is 16.7 Å². The van der Waals surface area contributed by atoms with Crippen molar-refractivity contribution in [2.45, 2.75) is 6.92 Å². The van der Waals surface area contributed by atoms with Gasteiger partial charge in [-0.15, -0.1) is 0 Å². The highest BCUT2D eigenvalue weighted by atomic mass is 16.1. The molecule has 5 nitrogen and oxygen atoms in total. The summed E-state index contributed by atoms with van der Waals surface area (Å²) >= 11 is 0. The van der Waals surface area contributed by atoms with E-state index in [4.69, 9.17) is 5.73 Å². The molecular weight excluding hydrogens is 312 g/mol. The molecule has 0 radical (unpaired) electrons. The molecule has 0 aliphatic carbocycles. The molecule has 120 valence electrons. The Morgan fingerprint density at radius 2 is 1.52 bits per heavy atom. The van der Waals surface area contributed by atoms with Crippen molar-refractivity contribution in [3.63, 3.8) is 0 Å². The summed E-state index contributed by atoms with van der Waals surface area (Å²) in [5.41, 5.74) is 8.94. The fraction of sp³-hybridized carbons (Fsp3) is 0.0500. The molecule has 0 spiro atoms. The molecule has 2 aromatic carbocycles. The number of hydrogen-bond acceptors (Lipinski definition) is 4. The van der Waals surface area contributed by atoms with E-state index in [2.05, 4.69) is 4.98 Å². The van der Waals surface area contributed by atoms with E-state index in [1.165, 1.54) is 0 Å². The van der Waals surface area contributed by atoms with Crippen LogP contribution in [0.25, 0.3) is 22.3 Å². The lowest BCUT2D eigenvalue weighted by molar-refractivity contribution is 1.21. The van der Waals surface area contributed by atoms with Crippen LogP contribution in [0.15, 0.2) is 53.3 Å². The van der Waals surface area contributed by atoms with E-state index in [0.29, 0.717) is 5.56 Å². The van der Waals surface area contributed by atoms with Crippen molar-refractivity contribution in [1.29, 1.82) is 10.5 Å². The third kappa shape index (κ3) is 2.75. The number of benzene rings is 2. The van der Waals surface area contributed by atoms with Gasteiger partial charge in [0, 0.05) is 5.56 Å². The number of nitriles is 2. The first kappa shape index (κ1) is 16.0. The average molecular weight is 326 g/mol. The van der Waals surface area contributed by atoms with Gasteiger partial charge in [0.05, 0.1) is 0 Å². The Balaban J connectivity index is 2.41. The van der Waals surface area contributed by atoms with Crippen molar-refractivity contribution in [3.8, 4) is 34.4 Å². The first-order valence-electron chi connectivity index (χ1n) is 7.59. The molecule has 3 N–H and O–H groups in total. The molecule has 3 rings (SSSR count). The molecule has 3 aromatic rings. The summed E-state index contributed by atoms with van der Waals surface area (Å²) in [6, 6.07) is 19.1. The van der Waals surface area contributed by atoms with Crippen molar-refractivity contribution in [1.82, 2.24) is 4.98 Å². The van der Waals surface area contributed by atoms with Gasteiger partial charge in [0.2, 0.25) is 0 Å². The van der Waals surface area contributed by atoms with Crippen molar-refractivity contribution < 1.29 is 0 Å². The van der Waals surface area contributed by atoms with Crippen LogP contribution in [-0.2, 0) is 0 Å². The number of nitrogens with two attached hydrogens (primary N) is 1. The van der Waals surface area contributed by atoms with E-state index in [1.54, 1.807) is 12.1 Å². The Labute approximate surface area is 144 Å². The van der Waals surface area contributed by atoms with Crippen molar-refractivity contribution in [2.24, 2.45) is 0 Å². The molecule has 0 amide bonds. The number of H-pyrrole nitrogens is 1. The SMILES string of the molecule is Cc1ccc(-c2ccccc2-c2c(C#N)c(N)[nH]c(=O)c2C#N)cc1. The van der Waals surface area contributed by atoms with Crippen LogP contribution in [0.4, 0.5) is 5.82 Å². The number of aromatic amines is 1. The number of rotatable bonds is 2. The van der Waals surface area contributed by atoms with Gasteiger partial charge in [-0.3, -0.25) is 4.79 Å². The average Bonchev–Trinajstić information content (AvgIpc) is 2.62. The third-order valence-corrected chi connectivity index (χ3v) is 4.03. The van der Waals surface area contributed by atoms with Crippen LogP contribution >= 0.6 is 0 Å². The first-order valence-corrected chi connectivity index (χ1v) is 7.59. The second-order valence-corrected chi connectivity index (χ2v) is 5.63. The highest BCUT2D eigenvalue weighted by Crippen LogP contribution is 2.36. The second-order valence-electron chi connectivity index (χ2n) is 5.63. The van der Waals surface area contributed by atoms with Crippen LogP contribution in [0.1, 0.15) is 16.7 Å². The maximum Gasteiger partial charge on any atom is 0.268 e. The Morgan fingerprint density at radius 1 is 0.920 bits per heavy atom.